The number of hydrogen-bond donors (Lipinski definition) is 2. The molecule has 0 aromatic rings. The van der Waals surface area contributed by atoms with Crippen molar-refractivity contribution >= 4 is 11.8 Å². The van der Waals surface area contributed by atoms with Gasteiger partial charge in [-0.25, -0.2) is 0 Å². The third-order valence-corrected chi connectivity index (χ3v) is 12.8. The Bertz CT molecular complexity index is 969. The van der Waals surface area contributed by atoms with Crippen molar-refractivity contribution in [2.75, 3.05) is 0 Å². The second kappa shape index (κ2) is 13.6. The number of unbranched alkanes of at least 4 members (excludes halogenated alkanes) is 5. The first-order valence-corrected chi connectivity index (χ1v) is 17.0. The predicted octanol–water partition coefficient (Wildman–Crippen LogP) is 9.37. The smallest absolute Gasteiger partial charge is 0.453 e. The Balaban J connectivity index is 1.21. The number of aliphatic hydroxyl groups is 1. The molecule has 0 saturated heterocycles. The molecule has 9 heteroatoms. The maximum atomic E-state index is 13.1. The number of hydrogen-bond acceptors (Lipinski definition) is 3. The number of carboxylic acids is 1. The molecule has 4 aliphatic carbocycles. The summed E-state index contributed by atoms with van der Waals surface area (Å²) in [6, 6.07) is 0. The minimum absolute atomic E-state index is 0.0140. The largest absolute Gasteiger partial charge is 0.481 e. The Hall–Kier alpha value is -1.25. The molecule has 0 aromatic carbocycles. The lowest BCUT2D eigenvalue weighted by Crippen LogP contribution is -2.57. The minimum Gasteiger partial charge on any atom is -0.481 e. The highest BCUT2D eigenvalue weighted by atomic mass is 19.4. The first kappa shape index (κ1) is 34.6. The average Bonchev–Trinajstić information content (AvgIpc) is 3.23. The van der Waals surface area contributed by atoms with Crippen LogP contribution in [-0.4, -0.2) is 40.2 Å². The Morgan fingerprint density at radius 3 is 2.19 bits per heavy atom. The van der Waals surface area contributed by atoms with Crippen LogP contribution in [-0.2, 0) is 9.59 Å². The molecule has 248 valence electrons. The van der Waals surface area contributed by atoms with Gasteiger partial charge in [-0.05, 0) is 98.2 Å². The summed E-state index contributed by atoms with van der Waals surface area (Å²) in [5, 5.41) is 20.3. The summed E-state index contributed by atoms with van der Waals surface area (Å²) in [5.41, 5.74) is 0.247. The molecule has 1 unspecified atom stereocenters. The number of ketones is 1. The summed E-state index contributed by atoms with van der Waals surface area (Å²) in [6.45, 7) is 4.77. The molecule has 0 heterocycles. The van der Waals surface area contributed by atoms with E-state index in [-0.39, 0.29) is 23.4 Å². The van der Waals surface area contributed by atoms with Crippen molar-refractivity contribution in [1.29, 1.82) is 0 Å². The second-order valence-corrected chi connectivity index (χ2v) is 15.2. The Morgan fingerprint density at radius 2 is 1.51 bits per heavy atom. The van der Waals surface area contributed by atoms with Gasteiger partial charge in [0, 0.05) is 19.3 Å². The first-order chi connectivity index (χ1) is 20.1. The molecule has 4 rings (SSSR count). The number of alkyl halides is 5. The zero-order valence-electron chi connectivity index (χ0n) is 26.1. The molecular weight excluding hydrogens is 567 g/mol. The predicted molar refractivity (Wildman–Crippen MR) is 155 cm³/mol. The topological polar surface area (TPSA) is 74.6 Å². The Morgan fingerprint density at radius 1 is 0.884 bits per heavy atom. The number of carboxylic acid groups (broad SMARTS) is 1. The van der Waals surface area contributed by atoms with Gasteiger partial charge in [0.15, 0.2) is 0 Å². The molecule has 2 N–H and O–H groups in total. The van der Waals surface area contributed by atoms with Crippen molar-refractivity contribution in [3.8, 4) is 0 Å². The third kappa shape index (κ3) is 7.43. The van der Waals surface area contributed by atoms with Crippen LogP contribution in [0, 0.1) is 46.3 Å². The summed E-state index contributed by atoms with van der Waals surface area (Å²) in [6.07, 6.45) is 7.04. The van der Waals surface area contributed by atoms with E-state index in [0.29, 0.717) is 54.6 Å². The zero-order chi connectivity index (χ0) is 31.6. The van der Waals surface area contributed by atoms with E-state index in [4.69, 9.17) is 0 Å². The van der Waals surface area contributed by atoms with E-state index in [1.165, 1.54) is 0 Å². The van der Waals surface area contributed by atoms with Gasteiger partial charge >= 0.3 is 18.1 Å². The molecule has 0 amide bonds. The average molecular weight is 621 g/mol. The van der Waals surface area contributed by atoms with Gasteiger partial charge in [0.2, 0.25) is 0 Å². The number of halogens is 5. The molecule has 4 nitrogen and oxygen atoms in total. The van der Waals surface area contributed by atoms with E-state index in [2.05, 4.69) is 13.8 Å². The van der Waals surface area contributed by atoms with Crippen LogP contribution in [0.4, 0.5) is 22.0 Å². The van der Waals surface area contributed by atoms with Crippen molar-refractivity contribution in [3.63, 3.8) is 0 Å². The maximum absolute atomic E-state index is 13.1. The third-order valence-electron chi connectivity index (χ3n) is 12.8. The second-order valence-electron chi connectivity index (χ2n) is 15.2. The highest BCUT2D eigenvalue weighted by Gasteiger charge is 2.62. The van der Waals surface area contributed by atoms with E-state index in [1.807, 2.05) is 0 Å². The van der Waals surface area contributed by atoms with E-state index < -0.39 is 36.8 Å². The summed E-state index contributed by atoms with van der Waals surface area (Å²) in [4.78, 5) is 24.0. The molecule has 4 fully saturated rings. The van der Waals surface area contributed by atoms with Gasteiger partial charge in [-0.1, -0.05) is 58.8 Å². The number of carbonyl (C=O) groups is 2. The van der Waals surface area contributed by atoms with Gasteiger partial charge in [0.1, 0.15) is 5.78 Å². The van der Waals surface area contributed by atoms with Crippen molar-refractivity contribution < 1.29 is 41.8 Å². The van der Waals surface area contributed by atoms with Crippen LogP contribution in [0.3, 0.4) is 0 Å². The number of Topliss-reactive ketones (excluding diaryl/α,β-unsaturated/α-hetero) is 1. The molecule has 9 atom stereocenters. The fraction of sp³-hybridized carbons (Fsp3) is 0.941. The highest BCUT2D eigenvalue weighted by molar-refractivity contribution is 5.79. The van der Waals surface area contributed by atoms with Crippen molar-refractivity contribution in [1.82, 2.24) is 0 Å². The molecular formula is C34H53F5O4. The van der Waals surface area contributed by atoms with Crippen LogP contribution in [0.1, 0.15) is 136 Å². The number of carbonyl (C=O) groups excluding carboxylic acids is 1. The van der Waals surface area contributed by atoms with E-state index >= 15 is 0 Å². The van der Waals surface area contributed by atoms with Crippen LogP contribution in [0.25, 0.3) is 0 Å². The quantitative estimate of drug-likeness (QED) is 0.150. The first-order valence-electron chi connectivity index (χ1n) is 17.0. The number of fused-ring (bicyclic) bond motifs is 5. The molecule has 43 heavy (non-hydrogen) atoms. The molecule has 0 aliphatic heterocycles. The standard InChI is InChI=1S/C34H53F5O4/c1-31-18-15-25(40)21-24(31)20-23(29-26-13-14-28(41)32(26,2)19-16-27(29)31)11-8-6-4-3-5-7-10-22(30(42)43)12-9-17-33(35,36)34(37,38)39/h22-24,26-29,41H,3-21H2,1-2H3,(H,42,43)/t22?,23-,24+,26+,27+,28+,29+,31+,32+/m1/s1. The van der Waals surface area contributed by atoms with Crippen molar-refractivity contribution in [2.24, 2.45) is 46.3 Å². The number of aliphatic hydroxyl groups excluding tert-OH is 1. The van der Waals surface area contributed by atoms with Crippen molar-refractivity contribution in [3.05, 3.63) is 0 Å². The molecule has 0 radical (unpaired) electrons. The lowest BCUT2D eigenvalue weighted by Gasteiger charge is -2.62. The zero-order valence-corrected chi connectivity index (χ0v) is 26.1. The fourth-order valence-corrected chi connectivity index (χ4v) is 10.1. The van der Waals surface area contributed by atoms with Crippen molar-refractivity contribution in [2.45, 2.75) is 154 Å². The highest BCUT2D eigenvalue weighted by Crippen LogP contribution is 2.67. The fourth-order valence-electron chi connectivity index (χ4n) is 10.1. The molecule has 0 aromatic heterocycles. The lowest BCUT2D eigenvalue weighted by molar-refractivity contribution is -0.284. The van der Waals surface area contributed by atoms with E-state index in [0.717, 1.165) is 83.5 Å². The van der Waals surface area contributed by atoms with Crippen LogP contribution in [0.2, 0.25) is 0 Å². The molecule has 4 aliphatic rings. The summed E-state index contributed by atoms with van der Waals surface area (Å²) in [5.74, 6) is -3.52. The summed E-state index contributed by atoms with van der Waals surface area (Å²) < 4.78 is 63.4. The monoisotopic (exact) mass is 620 g/mol. The van der Waals surface area contributed by atoms with E-state index in [1.54, 1.807) is 0 Å². The van der Waals surface area contributed by atoms with Gasteiger partial charge in [0.05, 0.1) is 12.0 Å². The van der Waals surface area contributed by atoms with Crippen LogP contribution < -0.4 is 0 Å². The summed E-state index contributed by atoms with van der Waals surface area (Å²) >= 11 is 0. The van der Waals surface area contributed by atoms with Gasteiger partial charge < -0.3 is 10.2 Å². The summed E-state index contributed by atoms with van der Waals surface area (Å²) in [7, 11) is 0. The Kier molecular flexibility index (Phi) is 11.0. The minimum atomic E-state index is -5.60. The molecule has 4 saturated carbocycles. The van der Waals surface area contributed by atoms with Crippen LogP contribution in [0.15, 0.2) is 0 Å². The van der Waals surface area contributed by atoms with Gasteiger partial charge in [-0.2, -0.15) is 22.0 Å². The van der Waals surface area contributed by atoms with Gasteiger partial charge in [-0.15, -0.1) is 0 Å². The maximum Gasteiger partial charge on any atom is 0.453 e. The van der Waals surface area contributed by atoms with E-state index in [9.17, 15) is 41.8 Å². The van der Waals surface area contributed by atoms with Crippen LogP contribution >= 0.6 is 0 Å². The molecule has 0 spiro atoms. The number of aliphatic carboxylic acids is 1. The normalized spacial score (nSPS) is 37.0. The van der Waals surface area contributed by atoms with Gasteiger partial charge in [-0.3, -0.25) is 9.59 Å². The number of rotatable bonds is 14. The SMILES string of the molecule is C[C@]12CCC(=O)C[C@@H]1C[C@@H](CCCCCCCCC(CCCC(F)(F)C(F)(F)F)C(=O)O)[C@@H]1[C@@H]2CC[C@]2(C)[C@@H](O)CC[C@@H]12. The molecule has 0 bridgehead atoms. The lowest BCUT2D eigenvalue weighted by atomic mass is 9.42. The Labute approximate surface area is 253 Å². The van der Waals surface area contributed by atoms with Crippen LogP contribution in [0.5, 0.6) is 0 Å². The van der Waals surface area contributed by atoms with Gasteiger partial charge in [0.25, 0.3) is 0 Å².